The van der Waals surface area contributed by atoms with Gasteiger partial charge in [0.15, 0.2) is 11.5 Å². The molecule has 9 nitrogen and oxygen atoms in total. The number of carbonyl (C=O) groups excluding carboxylic acids is 4. The fraction of sp³-hybridized carbons (Fsp3) is 0.630. The first-order chi connectivity index (χ1) is 16.5. The number of hydrogen-bond donors (Lipinski definition) is 1. The van der Waals surface area contributed by atoms with E-state index in [1.54, 1.807) is 47.6 Å². The number of ether oxygens (including phenoxy) is 4. The summed E-state index contributed by atoms with van der Waals surface area (Å²) < 4.78 is 21.6. The van der Waals surface area contributed by atoms with Gasteiger partial charge < -0.3 is 24.7 Å². The van der Waals surface area contributed by atoms with Gasteiger partial charge in [0.2, 0.25) is 0 Å². The average Bonchev–Trinajstić information content (AvgIpc) is 2.79. The highest BCUT2D eigenvalue weighted by molar-refractivity contribution is 5.81. The van der Waals surface area contributed by atoms with Gasteiger partial charge in [-0.2, -0.15) is 0 Å². The molecule has 1 aromatic carbocycles. The zero-order chi connectivity index (χ0) is 27.8. The first kappa shape index (κ1) is 31.1. The number of carbonyl (C=O) groups is 4. The Morgan fingerprint density at radius 2 is 1.31 bits per heavy atom. The molecule has 0 radical (unpaired) electrons. The molecule has 36 heavy (non-hydrogen) atoms. The van der Waals surface area contributed by atoms with Crippen LogP contribution in [0, 0.1) is 10.8 Å². The van der Waals surface area contributed by atoms with Gasteiger partial charge in [-0.15, -0.1) is 0 Å². The lowest BCUT2D eigenvalue weighted by atomic mass is 9.90. The Balaban J connectivity index is 3.13. The SMILES string of the molecule is CCC(C)(C)C(=O)Oc1ccc(C[C@H](N)C(=O)O[C@@H](C)[C@H](C)OC(C)=O)cc1OC(=O)C(C)(C)CC. The Morgan fingerprint density at radius 3 is 1.78 bits per heavy atom. The van der Waals surface area contributed by atoms with Crippen LogP contribution >= 0.6 is 0 Å². The third-order valence-electron chi connectivity index (χ3n) is 6.36. The Hall–Kier alpha value is -2.94. The third-order valence-corrected chi connectivity index (χ3v) is 6.36. The average molecular weight is 508 g/mol. The second-order valence-corrected chi connectivity index (χ2v) is 10.3. The lowest BCUT2D eigenvalue weighted by Gasteiger charge is -2.24. The summed E-state index contributed by atoms with van der Waals surface area (Å²) in [5.74, 6) is -1.92. The van der Waals surface area contributed by atoms with E-state index < -0.39 is 53.0 Å². The molecule has 0 saturated carbocycles. The van der Waals surface area contributed by atoms with Gasteiger partial charge in [0.1, 0.15) is 18.2 Å². The summed E-state index contributed by atoms with van der Waals surface area (Å²) in [5, 5.41) is 0. The van der Waals surface area contributed by atoms with Crippen LogP contribution in [0.5, 0.6) is 11.5 Å². The maximum Gasteiger partial charge on any atom is 0.323 e. The van der Waals surface area contributed by atoms with E-state index in [1.807, 2.05) is 13.8 Å². The van der Waals surface area contributed by atoms with Crippen LogP contribution in [-0.4, -0.2) is 42.1 Å². The van der Waals surface area contributed by atoms with Crippen LogP contribution in [0.2, 0.25) is 0 Å². The van der Waals surface area contributed by atoms with Crippen LogP contribution in [0.4, 0.5) is 0 Å². The van der Waals surface area contributed by atoms with Crippen LogP contribution < -0.4 is 15.2 Å². The Bertz CT molecular complexity index is 953. The van der Waals surface area contributed by atoms with Gasteiger partial charge in [-0.25, -0.2) is 0 Å². The molecule has 0 heterocycles. The molecule has 0 aromatic heterocycles. The molecule has 3 atom stereocenters. The summed E-state index contributed by atoms with van der Waals surface area (Å²) in [5.41, 5.74) is 5.15. The van der Waals surface area contributed by atoms with E-state index in [4.69, 9.17) is 24.7 Å². The predicted molar refractivity (Wildman–Crippen MR) is 134 cm³/mol. The quantitative estimate of drug-likeness (QED) is 0.328. The molecule has 1 rings (SSSR count). The summed E-state index contributed by atoms with van der Waals surface area (Å²) in [6.45, 7) is 15.3. The standard InChI is InChI=1S/C27H41NO8/c1-10-26(6,7)24(31)35-21-13-12-19(15-22(21)36-25(32)27(8,9)11-2)14-20(28)23(30)34-17(4)16(3)33-18(5)29/h12-13,15-17,20H,10-11,14,28H2,1-9H3/t16-,17-,20-/m0/s1. The van der Waals surface area contributed by atoms with Crippen LogP contribution in [0.25, 0.3) is 0 Å². The fourth-order valence-electron chi connectivity index (χ4n) is 2.67. The summed E-state index contributed by atoms with van der Waals surface area (Å²) in [6, 6.07) is 3.66. The van der Waals surface area contributed by atoms with E-state index in [0.717, 1.165) is 0 Å². The fourth-order valence-corrected chi connectivity index (χ4v) is 2.67. The molecule has 2 N–H and O–H groups in total. The zero-order valence-electron chi connectivity index (χ0n) is 22.9. The molecule has 0 aliphatic carbocycles. The van der Waals surface area contributed by atoms with Crippen LogP contribution in [0.3, 0.4) is 0 Å². The summed E-state index contributed by atoms with van der Waals surface area (Å²) in [7, 11) is 0. The number of rotatable bonds is 12. The number of esters is 4. The second kappa shape index (κ2) is 12.9. The molecule has 0 unspecified atom stereocenters. The van der Waals surface area contributed by atoms with Gasteiger partial charge in [0.25, 0.3) is 0 Å². The van der Waals surface area contributed by atoms with Gasteiger partial charge in [0, 0.05) is 6.92 Å². The molecule has 9 heteroatoms. The van der Waals surface area contributed by atoms with E-state index >= 15 is 0 Å². The van der Waals surface area contributed by atoms with Crippen molar-refractivity contribution in [2.45, 2.75) is 99.8 Å². The Kier molecular flexibility index (Phi) is 11.1. The number of hydrogen-bond acceptors (Lipinski definition) is 9. The molecule has 202 valence electrons. The highest BCUT2D eigenvalue weighted by Crippen LogP contribution is 2.34. The second-order valence-electron chi connectivity index (χ2n) is 10.3. The molecule has 0 aliphatic rings. The molecule has 1 aromatic rings. The number of benzene rings is 1. The van der Waals surface area contributed by atoms with E-state index in [2.05, 4.69) is 0 Å². The Labute approximate surface area is 214 Å². The molecule has 0 bridgehead atoms. The van der Waals surface area contributed by atoms with Gasteiger partial charge in [-0.05, 0) is 78.5 Å². The summed E-state index contributed by atoms with van der Waals surface area (Å²) in [6.07, 6.45) is -0.140. The lowest BCUT2D eigenvalue weighted by molar-refractivity contribution is -0.164. The van der Waals surface area contributed by atoms with Crippen molar-refractivity contribution in [3.05, 3.63) is 23.8 Å². The van der Waals surface area contributed by atoms with Crippen LogP contribution in [-0.2, 0) is 35.1 Å². The maximum atomic E-state index is 12.8. The van der Waals surface area contributed by atoms with Gasteiger partial charge in [0.05, 0.1) is 10.8 Å². The first-order valence-electron chi connectivity index (χ1n) is 12.2. The third kappa shape index (κ3) is 8.93. The largest absolute Gasteiger partial charge is 0.459 e. The zero-order valence-corrected chi connectivity index (χ0v) is 22.9. The van der Waals surface area contributed by atoms with E-state index in [0.29, 0.717) is 18.4 Å². The molecule has 0 fully saturated rings. The molecule has 0 saturated heterocycles. The van der Waals surface area contributed by atoms with E-state index in [-0.39, 0.29) is 17.9 Å². The van der Waals surface area contributed by atoms with Gasteiger partial charge in [-0.1, -0.05) is 19.9 Å². The van der Waals surface area contributed by atoms with Crippen molar-refractivity contribution in [3.63, 3.8) is 0 Å². The van der Waals surface area contributed by atoms with Crippen molar-refractivity contribution in [2.75, 3.05) is 0 Å². The van der Waals surface area contributed by atoms with E-state index in [9.17, 15) is 19.2 Å². The highest BCUT2D eigenvalue weighted by Gasteiger charge is 2.32. The maximum absolute atomic E-state index is 12.8. The van der Waals surface area contributed by atoms with Gasteiger partial charge in [-0.3, -0.25) is 19.2 Å². The van der Waals surface area contributed by atoms with Crippen molar-refractivity contribution in [3.8, 4) is 11.5 Å². The minimum Gasteiger partial charge on any atom is -0.459 e. The van der Waals surface area contributed by atoms with Crippen molar-refractivity contribution >= 4 is 23.9 Å². The molecular formula is C27H41NO8. The van der Waals surface area contributed by atoms with Crippen molar-refractivity contribution < 1.29 is 38.1 Å². The molecule has 0 amide bonds. The van der Waals surface area contributed by atoms with E-state index in [1.165, 1.54) is 19.1 Å². The molecule has 0 aliphatic heterocycles. The minimum atomic E-state index is -1.03. The Morgan fingerprint density at radius 1 is 0.833 bits per heavy atom. The smallest absolute Gasteiger partial charge is 0.323 e. The van der Waals surface area contributed by atoms with Crippen molar-refractivity contribution in [1.29, 1.82) is 0 Å². The number of nitrogens with two attached hydrogens (primary N) is 1. The summed E-state index contributed by atoms with van der Waals surface area (Å²) >= 11 is 0. The van der Waals surface area contributed by atoms with Crippen LogP contribution in [0.15, 0.2) is 18.2 Å². The summed E-state index contributed by atoms with van der Waals surface area (Å²) in [4.78, 5) is 49.0. The topological polar surface area (TPSA) is 131 Å². The first-order valence-corrected chi connectivity index (χ1v) is 12.2. The van der Waals surface area contributed by atoms with Gasteiger partial charge >= 0.3 is 23.9 Å². The van der Waals surface area contributed by atoms with Crippen molar-refractivity contribution in [2.24, 2.45) is 16.6 Å². The normalized spacial score (nSPS) is 14.3. The van der Waals surface area contributed by atoms with Crippen LogP contribution in [0.1, 0.15) is 80.7 Å². The molecular weight excluding hydrogens is 466 g/mol. The minimum absolute atomic E-state index is 0.0664. The molecule has 0 spiro atoms. The van der Waals surface area contributed by atoms with Crippen molar-refractivity contribution in [1.82, 2.24) is 0 Å². The highest BCUT2D eigenvalue weighted by atomic mass is 16.6. The predicted octanol–water partition coefficient (Wildman–Crippen LogP) is 4.12. The monoisotopic (exact) mass is 507 g/mol. The lowest BCUT2D eigenvalue weighted by Crippen LogP contribution is -2.39.